The van der Waals surface area contributed by atoms with Crippen LogP contribution >= 0.6 is 12.2 Å². The molecule has 0 saturated heterocycles. The van der Waals surface area contributed by atoms with Crippen LogP contribution in [0.3, 0.4) is 0 Å². The van der Waals surface area contributed by atoms with E-state index in [1.165, 1.54) is 0 Å². The molecule has 0 radical (unpaired) electrons. The molecular formula is C20H22N4O2S. The summed E-state index contributed by atoms with van der Waals surface area (Å²) in [4.78, 5) is 12.4. The van der Waals surface area contributed by atoms with E-state index in [2.05, 4.69) is 15.5 Å². The zero-order valence-electron chi connectivity index (χ0n) is 15.4. The molecule has 0 aliphatic heterocycles. The number of methoxy groups -OCH3 is 1. The Bertz CT molecular complexity index is 976. The van der Waals surface area contributed by atoms with Crippen molar-refractivity contribution in [2.75, 3.05) is 13.7 Å². The summed E-state index contributed by atoms with van der Waals surface area (Å²) in [5.74, 6) is 1.38. The van der Waals surface area contributed by atoms with Crippen LogP contribution < -0.4 is 10.1 Å². The highest BCUT2D eigenvalue weighted by Gasteiger charge is 2.12. The number of hydrogen-bond acceptors (Lipinski definition) is 4. The molecule has 2 aromatic carbocycles. The van der Waals surface area contributed by atoms with Crippen LogP contribution in [0.15, 0.2) is 48.5 Å². The van der Waals surface area contributed by atoms with Crippen LogP contribution in [0.5, 0.6) is 5.75 Å². The number of nitrogens with zero attached hydrogens (tertiary/aromatic N) is 2. The Hall–Kier alpha value is -2.93. The summed E-state index contributed by atoms with van der Waals surface area (Å²) in [7, 11) is 1.64. The lowest BCUT2D eigenvalue weighted by Crippen LogP contribution is -2.29. The number of carbonyl (C=O) groups excluding carboxylic acids is 1. The molecule has 0 aliphatic carbocycles. The fraction of sp³-hybridized carbons (Fsp3) is 0.250. The fourth-order valence-electron chi connectivity index (χ4n) is 2.81. The second-order valence-electron chi connectivity index (χ2n) is 6.26. The third-order valence-corrected chi connectivity index (χ3v) is 4.54. The molecular weight excluding hydrogens is 360 g/mol. The van der Waals surface area contributed by atoms with Gasteiger partial charge in [0.2, 0.25) is 5.91 Å². The highest BCUT2D eigenvalue weighted by molar-refractivity contribution is 7.71. The van der Waals surface area contributed by atoms with Crippen LogP contribution in [0, 0.1) is 11.7 Å². The van der Waals surface area contributed by atoms with E-state index in [9.17, 15) is 4.79 Å². The molecule has 0 fully saturated rings. The average Bonchev–Trinajstić information content (AvgIpc) is 3.03. The van der Waals surface area contributed by atoms with Crippen LogP contribution in [-0.4, -0.2) is 34.3 Å². The van der Waals surface area contributed by atoms with Crippen LogP contribution in [0.2, 0.25) is 0 Å². The van der Waals surface area contributed by atoms with Crippen molar-refractivity contribution in [3.63, 3.8) is 0 Å². The summed E-state index contributed by atoms with van der Waals surface area (Å²) < 4.78 is 7.29. The molecule has 140 valence electrons. The van der Waals surface area contributed by atoms with Crippen molar-refractivity contribution in [3.05, 3.63) is 64.4 Å². The Kier molecular flexibility index (Phi) is 6.03. The molecule has 0 bridgehead atoms. The number of benzene rings is 2. The minimum Gasteiger partial charge on any atom is -0.497 e. The topological polar surface area (TPSA) is 71.9 Å². The zero-order chi connectivity index (χ0) is 19.2. The third-order valence-electron chi connectivity index (χ3n) is 4.23. The van der Waals surface area contributed by atoms with Gasteiger partial charge in [-0.1, -0.05) is 35.9 Å². The molecule has 1 heterocycles. The van der Waals surface area contributed by atoms with Gasteiger partial charge in [0.25, 0.3) is 0 Å². The summed E-state index contributed by atoms with van der Waals surface area (Å²) in [6.07, 6.45) is 0.747. The standard InChI is InChI=1S/C20H22N4O2S/c1-14-4-3-5-16(12-14)19-22-23-20(27)24(19)13-18(25)21-11-10-15-6-8-17(26-2)9-7-15/h3-9,12H,10-11,13H2,1-2H3,(H,21,25)(H,23,27). The Morgan fingerprint density at radius 2 is 2.04 bits per heavy atom. The van der Waals surface area contributed by atoms with Gasteiger partial charge < -0.3 is 10.1 Å². The predicted octanol–water partition coefficient (Wildman–Crippen LogP) is 3.28. The van der Waals surface area contributed by atoms with Crippen molar-refractivity contribution in [2.24, 2.45) is 0 Å². The number of aromatic nitrogens is 3. The first-order valence-electron chi connectivity index (χ1n) is 8.68. The van der Waals surface area contributed by atoms with Gasteiger partial charge in [0.15, 0.2) is 10.6 Å². The number of aromatic amines is 1. The van der Waals surface area contributed by atoms with E-state index < -0.39 is 0 Å². The SMILES string of the molecule is COc1ccc(CCNC(=O)Cn2c(-c3cccc(C)c3)n[nH]c2=S)cc1. The van der Waals surface area contributed by atoms with E-state index in [1.807, 2.05) is 55.5 Å². The lowest BCUT2D eigenvalue weighted by molar-refractivity contribution is -0.121. The summed E-state index contributed by atoms with van der Waals surface area (Å²) >= 11 is 5.29. The van der Waals surface area contributed by atoms with E-state index in [0.717, 1.165) is 28.9 Å². The van der Waals surface area contributed by atoms with E-state index in [-0.39, 0.29) is 12.5 Å². The van der Waals surface area contributed by atoms with Crippen LogP contribution in [-0.2, 0) is 17.8 Å². The quantitative estimate of drug-likeness (QED) is 0.615. The molecule has 3 aromatic rings. The predicted molar refractivity (Wildman–Crippen MR) is 107 cm³/mol. The first-order chi connectivity index (χ1) is 13.1. The normalized spacial score (nSPS) is 10.6. The highest BCUT2D eigenvalue weighted by Crippen LogP contribution is 2.18. The third kappa shape index (κ3) is 4.83. The molecule has 6 nitrogen and oxygen atoms in total. The Labute approximate surface area is 163 Å². The molecule has 0 spiro atoms. The molecule has 0 unspecified atom stereocenters. The number of H-pyrrole nitrogens is 1. The fourth-order valence-corrected chi connectivity index (χ4v) is 3.00. The zero-order valence-corrected chi connectivity index (χ0v) is 16.2. The van der Waals surface area contributed by atoms with Gasteiger partial charge in [0.05, 0.1) is 7.11 Å². The molecule has 27 heavy (non-hydrogen) atoms. The second kappa shape index (κ2) is 8.64. The Morgan fingerprint density at radius 1 is 1.26 bits per heavy atom. The monoisotopic (exact) mass is 382 g/mol. The van der Waals surface area contributed by atoms with Crippen LogP contribution in [0.1, 0.15) is 11.1 Å². The summed E-state index contributed by atoms with van der Waals surface area (Å²) in [6.45, 7) is 2.69. The Morgan fingerprint density at radius 3 is 2.74 bits per heavy atom. The molecule has 3 rings (SSSR count). The van der Waals surface area contributed by atoms with Crippen molar-refractivity contribution in [3.8, 4) is 17.1 Å². The number of ether oxygens (including phenoxy) is 1. The van der Waals surface area contributed by atoms with E-state index in [0.29, 0.717) is 17.1 Å². The van der Waals surface area contributed by atoms with Crippen LogP contribution in [0.4, 0.5) is 0 Å². The maximum absolute atomic E-state index is 12.4. The molecule has 2 N–H and O–H groups in total. The van der Waals surface area contributed by atoms with Gasteiger partial charge in [0, 0.05) is 12.1 Å². The number of amides is 1. The van der Waals surface area contributed by atoms with Gasteiger partial charge in [0.1, 0.15) is 12.3 Å². The maximum Gasteiger partial charge on any atom is 0.240 e. The smallest absolute Gasteiger partial charge is 0.240 e. The van der Waals surface area contributed by atoms with Crippen molar-refractivity contribution >= 4 is 18.1 Å². The molecule has 0 atom stereocenters. The van der Waals surface area contributed by atoms with Gasteiger partial charge in [-0.15, -0.1) is 0 Å². The van der Waals surface area contributed by atoms with E-state index in [1.54, 1.807) is 11.7 Å². The lowest BCUT2D eigenvalue weighted by Gasteiger charge is -2.09. The van der Waals surface area contributed by atoms with E-state index >= 15 is 0 Å². The van der Waals surface area contributed by atoms with Gasteiger partial charge in [-0.2, -0.15) is 5.10 Å². The van der Waals surface area contributed by atoms with Gasteiger partial charge in [-0.3, -0.25) is 14.5 Å². The van der Waals surface area contributed by atoms with Gasteiger partial charge >= 0.3 is 0 Å². The minimum absolute atomic E-state index is 0.102. The van der Waals surface area contributed by atoms with Crippen molar-refractivity contribution < 1.29 is 9.53 Å². The van der Waals surface area contributed by atoms with Crippen molar-refractivity contribution in [2.45, 2.75) is 19.9 Å². The number of carbonyl (C=O) groups is 1. The highest BCUT2D eigenvalue weighted by atomic mass is 32.1. The summed E-state index contributed by atoms with van der Waals surface area (Å²) in [5, 5.41) is 9.99. The maximum atomic E-state index is 12.4. The van der Waals surface area contributed by atoms with E-state index in [4.69, 9.17) is 17.0 Å². The summed E-state index contributed by atoms with van der Waals surface area (Å²) in [6, 6.07) is 15.8. The molecule has 1 aromatic heterocycles. The molecule has 1 amide bonds. The number of nitrogens with one attached hydrogen (secondary N) is 2. The Balaban J connectivity index is 1.61. The number of aryl methyl sites for hydroxylation is 1. The first kappa shape index (κ1) is 18.8. The molecule has 0 saturated carbocycles. The number of rotatable bonds is 7. The molecule has 7 heteroatoms. The lowest BCUT2D eigenvalue weighted by atomic mass is 10.1. The van der Waals surface area contributed by atoms with Crippen LogP contribution in [0.25, 0.3) is 11.4 Å². The first-order valence-corrected chi connectivity index (χ1v) is 9.09. The van der Waals surface area contributed by atoms with Gasteiger partial charge in [-0.25, -0.2) is 0 Å². The van der Waals surface area contributed by atoms with Gasteiger partial charge in [-0.05, 0) is 49.3 Å². The second-order valence-corrected chi connectivity index (χ2v) is 6.64. The average molecular weight is 382 g/mol. The summed E-state index contributed by atoms with van der Waals surface area (Å²) in [5.41, 5.74) is 3.18. The van der Waals surface area contributed by atoms with Crippen molar-refractivity contribution in [1.82, 2.24) is 20.1 Å². The molecule has 0 aliphatic rings. The largest absolute Gasteiger partial charge is 0.497 e. The minimum atomic E-state index is -0.102. The number of hydrogen-bond donors (Lipinski definition) is 2. The van der Waals surface area contributed by atoms with Crippen molar-refractivity contribution in [1.29, 1.82) is 0 Å².